The Morgan fingerprint density at radius 3 is 2.25 bits per heavy atom. The van der Waals surface area contributed by atoms with Crippen LogP contribution >= 0.6 is 0 Å². The van der Waals surface area contributed by atoms with E-state index in [4.69, 9.17) is 0 Å². The van der Waals surface area contributed by atoms with Gasteiger partial charge in [-0.25, -0.2) is 4.39 Å². The van der Waals surface area contributed by atoms with Gasteiger partial charge in [0.15, 0.2) is 0 Å². The van der Waals surface area contributed by atoms with E-state index >= 15 is 0 Å². The minimum atomic E-state index is -0.619. The predicted molar refractivity (Wildman–Crippen MR) is 50.9 cm³/mol. The lowest BCUT2D eigenvalue weighted by atomic mass is 9.82. The van der Waals surface area contributed by atoms with Crippen LogP contribution < -0.4 is 0 Å². The summed E-state index contributed by atoms with van der Waals surface area (Å²) < 4.78 is 12.8. The highest BCUT2D eigenvalue weighted by atomic mass is 19.1. The molecule has 0 nitrogen and oxygen atoms in total. The third-order valence-corrected chi connectivity index (χ3v) is 3.21. The van der Waals surface area contributed by atoms with E-state index in [-0.39, 0.29) is 5.92 Å². The maximum Gasteiger partial charge on any atom is 0.0999 e. The van der Waals surface area contributed by atoms with Gasteiger partial charge >= 0.3 is 0 Å². The largest absolute Gasteiger partial charge is 0.248 e. The normalized spacial score (nSPS) is 25.2. The molecule has 0 aromatic heterocycles. The molecule has 1 aliphatic rings. The first-order valence-corrected chi connectivity index (χ1v) is 5.34. The Labute approximate surface area is 75.5 Å². The van der Waals surface area contributed by atoms with Crippen LogP contribution in [0.5, 0.6) is 0 Å². The number of rotatable bonds is 3. The molecule has 1 aliphatic carbocycles. The van der Waals surface area contributed by atoms with Crippen molar-refractivity contribution in [3.8, 4) is 0 Å². The molecule has 0 aromatic carbocycles. The zero-order chi connectivity index (χ0) is 8.97. The van der Waals surface area contributed by atoms with Crippen LogP contribution in [0.2, 0.25) is 0 Å². The van der Waals surface area contributed by atoms with Crippen molar-refractivity contribution in [1.82, 2.24) is 0 Å². The van der Waals surface area contributed by atoms with Gasteiger partial charge in [-0.2, -0.15) is 0 Å². The van der Waals surface area contributed by atoms with Crippen molar-refractivity contribution in [3.05, 3.63) is 0 Å². The number of hydrogen-bond donors (Lipinski definition) is 0. The van der Waals surface area contributed by atoms with Crippen LogP contribution in [0.3, 0.4) is 0 Å². The van der Waals surface area contributed by atoms with Crippen LogP contribution in [0.4, 0.5) is 4.39 Å². The zero-order valence-electron chi connectivity index (χ0n) is 8.35. The third-order valence-electron chi connectivity index (χ3n) is 3.21. The summed E-state index contributed by atoms with van der Waals surface area (Å²) in [6.45, 7) is 3.73. The minimum absolute atomic E-state index is 0.271. The molecule has 12 heavy (non-hydrogen) atoms. The Kier molecular flexibility index (Phi) is 4.03. The highest BCUT2D eigenvalue weighted by Gasteiger charge is 2.19. The molecule has 1 fully saturated rings. The van der Waals surface area contributed by atoms with Crippen LogP contribution in [0, 0.1) is 11.8 Å². The molecule has 0 aliphatic heterocycles. The molecule has 0 bridgehead atoms. The van der Waals surface area contributed by atoms with Crippen molar-refractivity contribution in [2.24, 2.45) is 11.8 Å². The van der Waals surface area contributed by atoms with Gasteiger partial charge in [0.1, 0.15) is 0 Å². The smallest absolute Gasteiger partial charge is 0.0999 e. The van der Waals surface area contributed by atoms with E-state index in [1.807, 2.05) is 6.92 Å². The Bertz CT molecular complexity index is 114. The lowest BCUT2D eigenvalue weighted by molar-refractivity contribution is 0.204. The first-order valence-electron chi connectivity index (χ1n) is 5.34. The van der Waals surface area contributed by atoms with Crippen molar-refractivity contribution in [3.63, 3.8) is 0 Å². The SMILES string of the molecule is CC(F)C(C)CC1CCCCC1. The molecule has 0 radical (unpaired) electrons. The fraction of sp³-hybridized carbons (Fsp3) is 1.00. The van der Waals surface area contributed by atoms with Crippen molar-refractivity contribution in [2.75, 3.05) is 0 Å². The maximum atomic E-state index is 12.8. The second kappa shape index (κ2) is 4.84. The second-order valence-electron chi connectivity index (χ2n) is 4.39. The van der Waals surface area contributed by atoms with Gasteiger partial charge in [-0.15, -0.1) is 0 Å². The van der Waals surface area contributed by atoms with E-state index in [9.17, 15) is 4.39 Å². The summed E-state index contributed by atoms with van der Waals surface area (Å²) in [4.78, 5) is 0. The van der Waals surface area contributed by atoms with Crippen molar-refractivity contribution in [2.45, 2.75) is 58.5 Å². The molecule has 0 saturated heterocycles. The first kappa shape index (κ1) is 10.0. The highest BCUT2D eigenvalue weighted by Crippen LogP contribution is 2.30. The number of halogens is 1. The van der Waals surface area contributed by atoms with Gasteiger partial charge in [0.25, 0.3) is 0 Å². The molecule has 2 atom stereocenters. The second-order valence-corrected chi connectivity index (χ2v) is 4.39. The third kappa shape index (κ3) is 3.12. The van der Waals surface area contributed by atoms with Gasteiger partial charge in [0.2, 0.25) is 0 Å². The molecular formula is C11H21F. The van der Waals surface area contributed by atoms with Gasteiger partial charge in [-0.1, -0.05) is 39.0 Å². The summed E-state index contributed by atoms with van der Waals surface area (Å²) in [7, 11) is 0. The fourth-order valence-corrected chi connectivity index (χ4v) is 2.14. The highest BCUT2D eigenvalue weighted by molar-refractivity contribution is 4.70. The van der Waals surface area contributed by atoms with Gasteiger partial charge in [0, 0.05) is 0 Å². The summed E-state index contributed by atoms with van der Waals surface area (Å²) >= 11 is 0. The molecule has 0 amide bonds. The van der Waals surface area contributed by atoms with Crippen LogP contribution in [-0.4, -0.2) is 6.17 Å². The monoisotopic (exact) mass is 172 g/mol. The van der Waals surface area contributed by atoms with Crippen LogP contribution in [0.25, 0.3) is 0 Å². The summed E-state index contributed by atoms with van der Waals surface area (Å²) in [6, 6.07) is 0. The Hall–Kier alpha value is -0.0700. The number of hydrogen-bond acceptors (Lipinski definition) is 0. The lowest BCUT2D eigenvalue weighted by Crippen LogP contribution is -2.15. The molecule has 0 aromatic rings. The van der Waals surface area contributed by atoms with E-state index in [1.54, 1.807) is 6.92 Å². The lowest BCUT2D eigenvalue weighted by Gasteiger charge is -2.25. The van der Waals surface area contributed by atoms with E-state index in [0.717, 1.165) is 12.3 Å². The van der Waals surface area contributed by atoms with E-state index in [2.05, 4.69) is 0 Å². The summed E-state index contributed by atoms with van der Waals surface area (Å²) in [5.41, 5.74) is 0. The van der Waals surface area contributed by atoms with Gasteiger partial charge < -0.3 is 0 Å². The fourth-order valence-electron chi connectivity index (χ4n) is 2.14. The number of alkyl halides is 1. The predicted octanol–water partition coefficient (Wildman–Crippen LogP) is 3.95. The van der Waals surface area contributed by atoms with Gasteiger partial charge in [-0.05, 0) is 25.2 Å². The van der Waals surface area contributed by atoms with Gasteiger partial charge in [-0.3, -0.25) is 0 Å². The average Bonchev–Trinajstić information content (AvgIpc) is 2.06. The van der Waals surface area contributed by atoms with Gasteiger partial charge in [0.05, 0.1) is 6.17 Å². The van der Waals surface area contributed by atoms with Crippen molar-refractivity contribution >= 4 is 0 Å². The molecule has 0 spiro atoms. The summed E-state index contributed by atoms with van der Waals surface area (Å²) in [6.07, 6.45) is 7.32. The zero-order valence-corrected chi connectivity index (χ0v) is 8.35. The Morgan fingerprint density at radius 1 is 1.17 bits per heavy atom. The molecule has 1 rings (SSSR count). The maximum absolute atomic E-state index is 12.8. The molecular weight excluding hydrogens is 151 g/mol. The topological polar surface area (TPSA) is 0 Å². The summed E-state index contributed by atoms with van der Waals surface area (Å²) in [5.74, 6) is 1.10. The van der Waals surface area contributed by atoms with Crippen LogP contribution in [0.15, 0.2) is 0 Å². The molecule has 0 heterocycles. The molecule has 2 unspecified atom stereocenters. The van der Waals surface area contributed by atoms with Crippen molar-refractivity contribution in [1.29, 1.82) is 0 Å². The quantitative estimate of drug-likeness (QED) is 0.604. The Morgan fingerprint density at radius 2 is 1.75 bits per heavy atom. The molecule has 0 N–H and O–H groups in total. The van der Waals surface area contributed by atoms with Crippen LogP contribution in [-0.2, 0) is 0 Å². The van der Waals surface area contributed by atoms with E-state index < -0.39 is 6.17 Å². The summed E-state index contributed by atoms with van der Waals surface area (Å²) in [5, 5.41) is 0. The van der Waals surface area contributed by atoms with Crippen LogP contribution in [0.1, 0.15) is 52.4 Å². The average molecular weight is 172 g/mol. The molecule has 72 valence electrons. The molecule has 1 saturated carbocycles. The minimum Gasteiger partial charge on any atom is -0.248 e. The molecule has 1 heteroatoms. The van der Waals surface area contributed by atoms with E-state index in [0.29, 0.717) is 0 Å². The van der Waals surface area contributed by atoms with Crippen molar-refractivity contribution < 1.29 is 4.39 Å². The first-order chi connectivity index (χ1) is 5.70. The standard InChI is InChI=1S/C11H21F/c1-9(10(2)12)8-11-6-4-3-5-7-11/h9-11H,3-8H2,1-2H3. The Balaban J connectivity index is 2.20. The van der Waals surface area contributed by atoms with E-state index in [1.165, 1.54) is 32.1 Å².